The highest BCUT2D eigenvalue weighted by atomic mass is 35.5. The summed E-state index contributed by atoms with van der Waals surface area (Å²) >= 11 is 0. The molecule has 0 radical (unpaired) electrons. The third kappa shape index (κ3) is 6.46. The molecule has 1 heterocycles. The average Bonchev–Trinajstić information content (AvgIpc) is 3.05. The van der Waals surface area contributed by atoms with E-state index in [0.717, 1.165) is 25.9 Å². The monoisotopic (exact) mass is 341 g/mol. The normalized spacial score (nSPS) is 13.3. The van der Waals surface area contributed by atoms with E-state index in [2.05, 4.69) is 5.32 Å². The van der Waals surface area contributed by atoms with Crippen molar-refractivity contribution >= 4 is 29.9 Å². The van der Waals surface area contributed by atoms with Crippen molar-refractivity contribution in [2.45, 2.75) is 25.7 Å². The van der Waals surface area contributed by atoms with Gasteiger partial charge in [-0.1, -0.05) is 6.07 Å². The molecule has 0 aromatic heterocycles. The molecule has 23 heavy (non-hydrogen) atoms. The van der Waals surface area contributed by atoms with Crippen molar-refractivity contribution < 1.29 is 14.3 Å². The van der Waals surface area contributed by atoms with E-state index in [4.69, 9.17) is 10.5 Å². The van der Waals surface area contributed by atoms with Gasteiger partial charge in [-0.05, 0) is 37.9 Å². The van der Waals surface area contributed by atoms with Gasteiger partial charge in [-0.3, -0.25) is 9.59 Å². The van der Waals surface area contributed by atoms with E-state index < -0.39 is 0 Å². The van der Waals surface area contributed by atoms with E-state index in [1.807, 2.05) is 4.90 Å². The zero-order chi connectivity index (χ0) is 15.8. The molecule has 1 aliphatic heterocycles. The number of likely N-dealkylation sites (tertiary alicyclic amines) is 1. The van der Waals surface area contributed by atoms with Crippen molar-refractivity contribution in [1.29, 1.82) is 0 Å². The van der Waals surface area contributed by atoms with Gasteiger partial charge in [0.2, 0.25) is 5.91 Å². The molecule has 1 aromatic rings. The highest BCUT2D eigenvalue weighted by molar-refractivity contribution is 5.90. The maximum atomic E-state index is 11.9. The first-order chi connectivity index (χ1) is 10.7. The van der Waals surface area contributed by atoms with Gasteiger partial charge in [-0.2, -0.15) is 0 Å². The number of halogens is 1. The summed E-state index contributed by atoms with van der Waals surface area (Å²) in [6.07, 6.45) is 3.19. The number of benzene rings is 1. The van der Waals surface area contributed by atoms with Crippen molar-refractivity contribution in [2.75, 3.05) is 31.6 Å². The quantitative estimate of drug-likeness (QED) is 0.791. The third-order valence-corrected chi connectivity index (χ3v) is 3.55. The van der Waals surface area contributed by atoms with Crippen LogP contribution in [-0.2, 0) is 9.59 Å². The Morgan fingerprint density at radius 1 is 1.26 bits per heavy atom. The van der Waals surface area contributed by atoms with Gasteiger partial charge in [0.1, 0.15) is 5.75 Å². The molecular formula is C16H24ClN3O3. The molecular weight excluding hydrogens is 318 g/mol. The minimum absolute atomic E-state index is 0. The number of nitrogens with zero attached hydrogens (tertiary/aromatic N) is 1. The molecule has 0 unspecified atom stereocenters. The molecule has 2 rings (SSSR count). The molecule has 0 saturated carbocycles. The fourth-order valence-electron chi connectivity index (χ4n) is 2.35. The maximum Gasteiger partial charge on any atom is 0.260 e. The number of carbonyl (C=O) groups excluding carboxylic acids is 2. The fraction of sp³-hybridized carbons (Fsp3) is 0.500. The largest absolute Gasteiger partial charge is 0.484 e. The summed E-state index contributed by atoms with van der Waals surface area (Å²) in [6, 6.07) is 7.06. The molecule has 2 amide bonds. The van der Waals surface area contributed by atoms with Crippen LogP contribution < -0.4 is 15.8 Å². The topological polar surface area (TPSA) is 84.7 Å². The number of rotatable bonds is 7. The Bertz CT molecular complexity index is 519. The molecule has 128 valence electrons. The number of hydrogen-bond acceptors (Lipinski definition) is 4. The van der Waals surface area contributed by atoms with E-state index in [0.29, 0.717) is 30.8 Å². The Balaban J connectivity index is 0.00000264. The van der Waals surface area contributed by atoms with Gasteiger partial charge in [0.05, 0.1) is 0 Å². The summed E-state index contributed by atoms with van der Waals surface area (Å²) in [6.45, 7) is 2.17. The number of carbonyl (C=O) groups is 2. The zero-order valence-electron chi connectivity index (χ0n) is 13.1. The van der Waals surface area contributed by atoms with Gasteiger partial charge in [0.25, 0.3) is 5.91 Å². The predicted octanol–water partition coefficient (Wildman–Crippen LogP) is 1.79. The van der Waals surface area contributed by atoms with Gasteiger partial charge in [-0.15, -0.1) is 12.4 Å². The van der Waals surface area contributed by atoms with Crippen molar-refractivity contribution in [3.05, 3.63) is 24.3 Å². The first-order valence-electron chi connectivity index (χ1n) is 7.69. The van der Waals surface area contributed by atoms with E-state index in [1.54, 1.807) is 24.3 Å². The SMILES string of the molecule is Cl.NCCCC(=O)Nc1cccc(OCC(=O)N2CCCC2)c1. The summed E-state index contributed by atoms with van der Waals surface area (Å²) in [5.41, 5.74) is 6.04. The lowest BCUT2D eigenvalue weighted by Gasteiger charge is -2.15. The molecule has 1 aliphatic rings. The molecule has 7 heteroatoms. The third-order valence-electron chi connectivity index (χ3n) is 3.55. The number of hydrogen-bond donors (Lipinski definition) is 2. The number of nitrogens with one attached hydrogen (secondary N) is 1. The highest BCUT2D eigenvalue weighted by Crippen LogP contribution is 2.18. The van der Waals surface area contributed by atoms with Gasteiger partial charge in [0.15, 0.2) is 6.61 Å². The number of anilines is 1. The first-order valence-corrected chi connectivity index (χ1v) is 7.69. The Hall–Kier alpha value is -1.79. The molecule has 3 N–H and O–H groups in total. The second-order valence-electron chi connectivity index (χ2n) is 5.34. The minimum atomic E-state index is -0.0734. The van der Waals surface area contributed by atoms with Crippen LogP contribution in [0.15, 0.2) is 24.3 Å². The fourth-order valence-corrected chi connectivity index (χ4v) is 2.35. The molecule has 0 atom stereocenters. The van der Waals surface area contributed by atoms with E-state index in [-0.39, 0.29) is 30.8 Å². The van der Waals surface area contributed by atoms with Crippen LogP contribution in [-0.4, -0.2) is 43.0 Å². The van der Waals surface area contributed by atoms with Crippen molar-refractivity contribution in [3.8, 4) is 5.75 Å². The van der Waals surface area contributed by atoms with Crippen LogP contribution in [0.4, 0.5) is 5.69 Å². The first kappa shape index (κ1) is 19.3. The van der Waals surface area contributed by atoms with Crippen LogP contribution in [0.1, 0.15) is 25.7 Å². The lowest BCUT2D eigenvalue weighted by Crippen LogP contribution is -2.32. The van der Waals surface area contributed by atoms with Crippen LogP contribution in [0.2, 0.25) is 0 Å². The van der Waals surface area contributed by atoms with Crippen LogP contribution in [0.25, 0.3) is 0 Å². The Morgan fingerprint density at radius 3 is 2.70 bits per heavy atom. The summed E-state index contributed by atoms with van der Waals surface area (Å²) in [5.74, 6) is 0.509. The molecule has 1 fully saturated rings. The van der Waals surface area contributed by atoms with Gasteiger partial charge >= 0.3 is 0 Å². The van der Waals surface area contributed by atoms with Crippen molar-refractivity contribution in [1.82, 2.24) is 4.90 Å². The number of amides is 2. The Kier molecular flexibility index (Phi) is 8.43. The predicted molar refractivity (Wildman–Crippen MR) is 91.9 cm³/mol. The van der Waals surface area contributed by atoms with Crippen LogP contribution in [0.3, 0.4) is 0 Å². The van der Waals surface area contributed by atoms with Gasteiger partial charge in [0, 0.05) is 31.3 Å². The number of ether oxygens (including phenoxy) is 1. The number of nitrogens with two attached hydrogens (primary N) is 1. The van der Waals surface area contributed by atoms with Crippen LogP contribution in [0, 0.1) is 0 Å². The molecule has 0 aliphatic carbocycles. The molecule has 1 aromatic carbocycles. The standard InChI is InChI=1S/C16H23N3O3.ClH/c17-8-4-7-15(20)18-13-5-3-6-14(11-13)22-12-16(21)19-9-1-2-10-19;/h3,5-6,11H,1-2,4,7-10,12,17H2,(H,18,20);1H. The van der Waals surface area contributed by atoms with Crippen molar-refractivity contribution in [3.63, 3.8) is 0 Å². The Labute approximate surface area is 142 Å². The second kappa shape index (κ2) is 10.1. The summed E-state index contributed by atoms with van der Waals surface area (Å²) < 4.78 is 5.52. The highest BCUT2D eigenvalue weighted by Gasteiger charge is 2.18. The lowest BCUT2D eigenvalue weighted by molar-refractivity contribution is -0.132. The maximum absolute atomic E-state index is 11.9. The van der Waals surface area contributed by atoms with E-state index in [1.165, 1.54) is 0 Å². The molecule has 1 saturated heterocycles. The second-order valence-corrected chi connectivity index (χ2v) is 5.34. The zero-order valence-corrected chi connectivity index (χ0v) is 13.9. The average molecular weight is 342 g/mol. The van der Waals surface area contributed by atoms with Crippen LogP contribution in [0.5, 0.6) is 5.75 Å². The summed E-state index contributed by atoms with van der Waals surface area (Å²) in [5, 5.41) is 2.79. The van der Waals surface area contributed by atoms with E-state index >= 15 is 0 Å². The van der Waals surface area contributed by atoms with Crippen molar-refractivity contribution in [2.24, 2.45) is 5.73 Å². The van der Waals surface area contributed by atoms with Gasteiger partial charge < -0.3 is 20.7 Å². The van der Waals surface area contributed by atoms with E-state index in [9.17, 15) is 9.59 Å². The Morgan fingerprint density at radius 2 is 2.00 bits per heavy atom. The molecule has 0 bridgehead atoms. The summed E-state index contributed by atoms with van der Waals surface area (Å²) in [7, 11) is 0. The smallest absolute Gasteiger partial charge is 0.260 e. The summed E-state index contributed by atoms with van der Waals surface area (Å²) in [4.78, 5) is 25.4. The minimum Gasteiger partial charge on any atom is -0.484 e. The lowest BCUT2D eigenvalue weighted by atomic mass is 10.2. The molecule has 0 spiro atoms. The molecule has 6 nitrogen and oxygen atoms in total. The van der Waals surface area contributed by atoms with Gasteiger partial charge in [-0.25, -0.2) is 0 Å². The van der Waals surface area contributed by atoms with Crippen LogP contribution >= 0.6 is 12.4 Å².